The van der Waals surface area contributed by atoms with E-state index in [-0.39, 0.29) is 33.8 Å². The first-order valence-corrected chi connectivity index (χ1v) is 12.7. The first kappa shape index (κ1) is 26.3. The van der Waals surface area contributed by atoms with E-state index in [0.29, 0.717) is 5.69 Å². The molecule has 10 heteroatoms. The number of amides is 2. The van der Waals surface area contributed by atoms with Crippen molar-refractivity contribution in [1.82, 2.24) is 25.3 Å². The number of rotatable bonds is 6. The summed E-state index contributed by atoms with van der Waals surface area (Å²) in [6, 6.07) is 6.19. The normalized spacial score (nSPS) is 15.0. The van der Waals surface area contributed by atoms with Crippen molar-refractivity contribution in [2.75, 3.05) is 4.90 Å². The molecule has 1 fully saturated rings. The number of carbonyl (C=O) groups is 2. The minimum Gasteiger partial charge on any atom is -0.359 e. The first-order valence-electron chi connectivity index (χ1n) is 12.3. The van der Waals surface area contributed by atoms with E-state index in [1.54, 1.807) is 12.1 Å². The molecule has 0 aliphatic heterocycles. The van der Waals surface area contributed by atoms with Crippen molar-refractivity contribution in [3.63, 3.8) is 0 Å². The molecule has 0 radical (unpaired) electrons. The van der Waals surface area contributed by atoms with Crippen molar-refractivity contribution < 1.29 is 9.59 Å². The Hall–Kier alpha value is -3.77. The molecule has 0 bridgehead atoms. The quantitative estimate of drug-likeness (QED) is 0.416. The molecule has 9 nitrogen and oxygen atoms in total. The van der Waals surface area contributed by atoms with Gasteiger partial charge in [0.05, 0.1) is 24.4 Å². The van der Waals surface area contributed by atoms with Crippen molar-refractivity contribution in [1.29, 1.82) is 0 Å². The average molecular weight is 520 g/mol. The maximum Gasteiger partial charge on any atom is 0.295 e. The molecular formula is C27H30ClN7O2. The lowest BCUT2D eigenvalue weighted by atomic mass is 9.87. The molecule has 1 saturated carbocycles. The van der Waals surface area contributed by atoms with Crippen molar-refractivity contribution in [2.24, 2.45) is 0 Å². The predicted octanol–water partition coefficient (Wildman–Crippen LogP) is 5.54. The van der Waals surface area contributed by atoms with Gasteiger partial charge in [0.1, 0.15) is 5.69 Å². The third-order valence-electron chi connectivity index (χ3n) is 6.53. The minimum atomic E-state index is -1.26. The minimum absolute atomic E-state index is 0.0206. The van der Waals surface area contributed by atoms with Crippen LogP contribution in [0.2, 0.25) is 5.15 Å². The van der Waals surface area contributed by atoms with Gasteiger partial charge in [0, 0.05) is 11.7 Å². The molecule has 1 aliphatic carbocycles. The van der Waals surface area contributed by atoms with Gasteiger partial charge in [0.25, 0.3) is 11.7 Å². The zero-order valence-electron chi connectivity index (χ0n) is 21.2. The molecule has 192 valence electrons. The number of carbonyl (C=O) groups excluding carboxylic acids is 2. The molecule has 1 aliphatic rings. The Morgan fingerprint density at radius 2 is 1.86 bits per heavy atom. The van der Waals surface area contributed by atoms with Crippen LogP contribution in [0.15, 0.2) is 43.0 Å². The summed E-state index contributed by atoms with van der Waals surface area (Å²) in [5.41, 5.74) is 1.70. The van der Waals surface area contributed by atoms with Gasteiger partial charge in [0.15, 0.2) is 6.04 Å². The van der Waals surface area contributed by atoms with Gasteiger partial charge in [-0.05, 0) is 47.6 Å². The second-order valence-corrected chi connectivity index (χ2v) is 10.6. The van der Waals surface area contributed by atoms with Crippen LogP contribution in [0.4, 0.5) is 11.5 Å². The Morgan fingerprint density at radius 1 is 1.16 bits per heavy atom. The maximum absolute atomic E-state index is 13.9. The van der Waals surface area contributed by atoms with Gasteiger partial charge >= 0.3 is 0 Å². The third kappa shape index (κ3) is 5.97. The summed E-state index contributed by atoms with van der Waals surface area (Å²) < 4.78 is 0. The molecular weight excluding hydrogens is 490 g/mol. The molecule has 2 amide bonds. The van der Waals surface area contributed by atoms with E-state index in [1.807, 2.05) is 12.1 Å². The summed E-state index contributed by atoms with van der Waals surface area (Å²) in [7, 11) is 0. The molecule has 1 atom stereocenters. The summed E-state index contributed by atoms with van der Waals surface area (Å²) >= 11 is 6.02. The molecule has 2 aromatic heterocycles. The van der Waals surface area contributed by atoms with Crippen molar-refractivity contribution in [3.8, 4) is 0 Å². The number of nitrogens with one attached hydrogen (secondary N) is 2. The number of benzene rings is 1. The van der Waals surface area contributed by atoms with Crippen LogP contribution < -0.4 is 10.2 Å². The van der Waals surface area contributed by atoms with Crippen LogP contribution in [-0.2, 0) is 10.2 Å². The van der Waals surface area contributed by atoms with Crippen LogP contribution in [0.5, 0.6) is 0 Å². The monoisotopic (exact) mass is 519 g/mol. The van der Waals surface area contributed by atoms with E-state index in [9.17, 15) is 9.59 Å². The summed E-state index contributed by atoms with van der Waals surface area (Å²) in [6.07, 6.45) is 8.98. The zero-order chi connectivity index (χ0) is 26.6. The average Bonchev–Trinajstić information content (AvgIpc) is 3.42. The van der Waals surface area contributed by atoms with Crippen LogP contribution in [-0.4, -0.2) is 37.8 Å². The Balaban J connectivity index is 1.86. The van der Waals surface area contributed by atoms with E-state index < -0.39 is 17.9 Å². The standard InChI is InChI=1S/C27H30ClN7O2/c1-27(2,3)17-10-12-19(13-11-17)35(26(37)20-14-30-16-32-20)23(22-24(29-4)34-21(28)15-31-22)25(36)33-18-8-6-5-7-9-18/h10-16,18,23H,5-9H2,1-3H3,(H,30,32)(H,33,36). The predicted molar refractivity (Wildman–Crippen MR) is 142 cm³/mol. The molecule has 1 unspecified atom stereocenters. The highest BCUT2D eigenvalue weighted by Crippen LogP contribution is 2.35. The summed E-state index contributed by atoms with van der Waals surface area (Å²) in [5, 5.41) is 3.14. The Kier molecular flexibility index (Phi) is 7.89. The number of aromatic nitrogens is 4. The molecule has 2 N–H and O–H groups in total. The lowest BCUT2D eigenvalue weighted by Crippen LogP contribution is -2.47. The highest BCUT2D eigenvalue weighted by Gasteiger charge is 2.38. The van der Waals surface area contributed by atoms with E-state index in [4.69, 9.17) is 18.2 Å². The van der Waals surface area contributed by atoms with Gasteiger partial charge in [-0.2, -0.15) is 0 Å². The molecule has 0 saturated heterocycles. The number of hydrogen-bond donors (Lipinski definition) is 2. The number of aromatic amines is 1. The fourth-order valence-electron chi connectivity index (χ4n) is 4.54. The van der Waals surface area contributed by atoms with E-state index >= 15 is 0 Å². The second-order valence-electron chi connectivity index (χ2n) is 10.2. The highest BCUT2D eigenvalue weighted by atomic mass is 35.5. The van der Waals surface area contributed by atoms with E-state index in [0.717, 1.165) is 37.7 Å². The number of halogens is 1. The summed E-state index contributed by atoms with van der Waals surface area (Å²) in [5.74, 6) is -1.05. The molecule has 1 aromatic carbocycles. The third-order valence-corrected chi connectivity index (χ3v) is 6.72. The van der Waals surface area contributed by atoms with Crippen LogP contribution in [0.3, 0.4) is 0 Å². The fraction of sp³-hybridized carbons (Fsp3) is 0.407. The number of hydrogen-bond acceptors (Lipinski definition) is 5. The largest absolute Gasteiger partial charge is 0.359 e. The lowest BCUT2D eigenvalue weighted by Gasteiger charge is -2.33. The van der Waals surface area contributed by atoms with Gasteiger partial charge in [-0.15, -0.1) is 4.98 Å². The topological polar surface area (TPSA) is 108 Å². The van der Waals surface area contributed by atoms with Gasteiger partial charge in [-0.1, -0.05) is 58.7 Å². The summed E-state index contributed by atoms with van der Waals surface area (Å²) in [6.45, 7) is 14.0. The van der Waals surface area contributed by atoms with Crippen LogP contribution in [0, 0.1) is 6.57 Å². The van der Waals surface area contributed by atoms with Crippen molar-refractivity contribution in [3.05, 3.63) is 76.5 Å². The van der Waals surface area contributed by atoms with E-state index in [2.05, 4.69) is 50.9 Å². The molecule has 0 spiro atoms. The zero-order valence-corrected chi connectivity index (χ0v) is 21.9. The Bertz CT molecular complexity index is 1290. The van der Waals surface area contributed by atoms with Crippen molar-refractivity contribution >= 4 is 34.9 Å². The number of H-pyrrole nitrogens is 1. The Morgan fingerprint density at radius 3 is 2.46 bits per heavy atom. The van der Waals surface area contributed by atoms with Crippen LogP contribution in [0.25, 0.3) is 4.85 Å². The van der Waals surface area contributed by atoms with E-state index in [1.165, 1.54) is 23.6 Å². The first-order chi connectivity index (χ1) is 17.7. The highest BCUT2D eigenvalue weighted by molar-refractivity contribution is 6.29. The molecule has 37 heavy (non-hydrogen) atoms. The molecule has 2 heterocycles. The lowest BCUT2D eigenvalue weighted by molar-refractivity contribution is -0.123. The van der Waals surface area contributed by atoms with Crippen molar-refractivity contribution in [2.45, 2.75) is 70.4 Å². The molecule has 3 aromatic rings. The SMILES string of the molecule is [C-]#[N+]c1nc(Cl)cnc1C(C(=O)NC1CCCCC1)N(C(=O)c1cnc[nH]1)c1ccc(C(C)(C)C)cc1. The fourth-order valence-corrected chi connectivity index (χ4v) is 4.67. The second kappa shape index (κ2) is 11.1. The number of anilines is 1. The van der Waals surface area contributed by atoms with Gasteiger partial charge < -0.3 is 15.1 Å². The van der Waals surface area contributed by atoms with Crippen LogP contribution >= 0.6 is 11.6 Å². The summed E-state index contributed by atoms with van der Waals surface area (Å²) in [4.78, 5) is 47.9. The van der Waals surface area contributed by atoms with Gasteiger partial charge in [0.2, 0.25) is 11.1 Å². The smallest absolute Gasteiger partial charge is 0.295 e. The van der Waals surface area contributed by atoms with Gasteiger partial charge in [-0.3, -0.25) is 19.5 Å². The maximum atomic E-state index is 13.9. The number of nitrogens with zero attached hydrogens (tertiary/aromatic N) is 5. The Labute approximate surface area is 221 Å². The van der Waals surface area contributed by atoms with Crippen LogP contribution in [0.1, 0.15) is 80.7 Å². The number of imidazole rings is 1. The molecule has 4 rings (SSSR count). The van der Waals surface area contributed by atoms with Gasteiger partial charge in [-0.25, -0.2) is 4.98 Å².